The van der Waals surface area contributed by atoms with E-state index < -0.39 is 11.6 Å². The Kier molecular flexibility index (Phi) is 9.19. The van der Waals surface area contributed by atoms with Crippen LogP contribution in [0.2, 0.25) is 10.0 Å². The van der Waals surface area contributed by atoms with Crippen molar-refractivity contribution in [1.29, 1.82) is 0 Å². The number of hydrogen-bond donors (Lipinski definition) is 3. The van der Waals surface area contributed by atoms with Gasteiger partial charge in [0.25, 0.3) is 0 Å². The molecule has 198 valence electrons. The van der Waals surface area contributed by atoms with Crippen LogP contribution >= 0.6 is 23.2 Å². The Balaban J connectivity index is 1.36. The van der Waals surface area contributed by atoms with Crippen LogP contribution in [0.25, 0.3) is 0 Å². The van der Waals surface area contributed by atoms with Gasteiger partial charge in [0.1, 0.15) is 23.3 Å². The predicted octanol–water partition coefficient (Wildman–Crippen LogP) is 7.19. The molecule has 4 aromatic rings. The van der Waals surface area contributed by atoms with E-state index >= 15 is 0 Å². The normalized spacial score (nSPS) is 12.2. The topological polar surface area (TPSA) is 114 Å². The average molecular weight is 566 g/mol. The van der Waals surface area contributed by atoms with Gasteiger partial charge in [-0.25, -0.2) is 8.78 Å². The van der Waals surface area contributed by atoms with E-state index in [-0.39, 0.29) is 41.6 Å². The minimum Gasteiger partial charge on any atom is -0.383 e. The number of hydrogen-bond acceptors (Lipinski definition) is 4. The molecule has 0 radical (unpaired) electrons. The van der Waals surface area contributed by atoms with Crippen LogP contribution < -0.4 is 16.9 Å². The number of nitrogens with two attached hydrogens (primary N) is 2. The lowest BCUT2D eigenvalue weighted by atomic mass is 10.1. The van der Waals surface area contributed by atoms with Crippen molar-refractivity contribution >= 4 is 46.2 Å². The molecular weight excluding hydrogens is 543 g/mol. The Labute approximate surface area is 233 Å². The van der Waals surface area contributed by atoms with Gasteiger partial charge in [0.15, 0.2) is 0 Å². The molecule has 0 heterocycles. The lowest BCUT2D eigenvalue weighted by Crippen LogP contribution is -2.15. The smallest absolute Gasteiger partial charge is 0.136 e. The molecule has 0 spiro atoms. The quantitative estimate of drug-likeness (QED) is 0.0862. The van der Waals surface area contributed by atoms with Gasteiger partial charge in [-0.05, 0) is 65.7 Å². The van der Waals surface area contributed by atoms with Crippen LogP contribution in [0.3, 0.4) is 0 Å². The largest absolute Gasteiger partial charge is 0.383 e. The van der Waals surface area contributed by atoms with Gasteiger partial charge in [-0.1, -0.05) is 52.7 Å². The van der Waals surface area contributed by atoms with Crippen molar-refractivity contribution in [3.63, 3.8) is 0 Å². The first-order valence-electron chi connectivity index (χ1n) is 11.6. The van der Waals surface area contributed by atoms with E-state index in [2.05, 4.69) is 25.7 Å². The molecule has 11 heteroatoms. The number of nitrogens with zero attached hydrogens (tertiary/aromatic N) is 4. The van der Waals surface area contributed by atoms with Crippen molar-refractivity contribution in [3.8, 4) is 0 Å². The van der Waals surface area contributed by atoms with Crippen LogP contribution in [0, 0.1) is 11.6 Å². The summed E-state index contributed by atoms with van der Waals surface area (Å²) < 4.78 is 29.2. The molecule has 0 fully saturated rings. The molecule has 0 atom stereocenters. The number of amidine groups is 2. The molecule has 7 nitrogen and oxygen atoms in total. The number of benzene rings is 4. The average Bonchev–Trinajstić information content (AvgIpc) is 2.92. The van der Waals surface area contributed by atoms with Crippen LogP contribution in [-0.4, -0.2) is 11.7 Å². The first-order valence-corrected chi connectivity index (χ1v) is 12.4. The van der Waals surface area contributed by atoms with E-state index in [9.17, 15) is 8.78 Å². The summed E-state index contributed by atoms with van der Waals surface area (Å²) in [6.45, 7) is 0.564. The lowest BCUT2D eigenvalue weighted by Gasteiger charge is -2.06. The van der Waals surface area contributed by atoms with Gasteiger partial charge >= 0.3 is 0 Å². The molecule has 0 aromatic heterocycles. The highest BCUT2D eigenvalue weighted by molar-refractivity contribution is 6.30. The van der Waals surface area contributed by atoms with E-state index in [1.807, 2.05) is 24.3 Å². The second-order valence-corrected chi connectivity index (χ2v) is 9.20. The summed E-state index contributed by atoms with van der Waals surface area (Å²) in [6, 6.07) is 22.7. The molecule has 4 aromatic carbocycles. The fourth-order valence-electron chi connectivity index (χ4n) is 3.41. The molecule has 39 heavy (non-hydrogen) atoms. The summed E-state index contributed by atoms with van der Waals surface area (Å²) in [5.74, 6) is -1.08. The van der Waals surface area contributed by atoms with Crippen molar-refractivity contribution in [1.82, 2.24) is 0 Å². The molecule has 0 unspecified atom stereocenters. The van der Waals surface area contributed by atoms with E-state index in [0.29, 0.717) is 15.7 Å². The maximum Gasteiger partial charge on any atom is 0.136 e. The molecule has 0 saturated carbocycles. The van der Waals surface area contributed by atoms with Crippen LogP contribution in [-0.2, 0) is 13.1 Å². The first-order chi connectivity index (χ1) is 18.8. The van der Waals surface area contributed by atoms with Crippen molar-refractivity contribution < 1.29 is 8.78 Å². The third kappa shape index (κ3) is 7.83. The Morgan fingerprint density at radius 1 is 0.667 bits per heavy atom. The van der Waals surface area contributed by atoms with Crippen LogP contribution in [0.15, 0.2) is 105 Å². The van der Waals surface area contributed by atoms with Crippen LogP contribution in [0.5, 0.6) is 0 Å². The van der Waals surface area contributed by atoms with Crippen molar-refractivity contribution in [2.45, 2.75) is 13.1 Å². The van der Waals surface area contributed by atoms with Crippen molar-refractivity contribution in [2.24, 2.45) is 31.8 Å². The Morgan fingerprint density at radius 3 is 1.64 bits per heavy atom. The summed E-state index contributed by atoms with van der Waals surface area (Å²) in [7, 11) is 0. The SMILES string of the molecule is NC(=NCc1ccc(Cl)cc1)c1ccc(N=NNc2ccc(C(N)=NCc3ccc(Cl)cc3)c(F)c2)cc1F. The van der Waals surface area contributed by atoms with E-state index in [1.165, 1.54) is 30.3 Å². The zero-order valence-corrected chi connectivity index (χ0v) is 22.0. The van der Waals surface area contributed by atoms with Gasteiger partial charge in [-0.15, -0.1) is 5.11 Å². The van der Waals surface area contributed by atoms with Gasteiger partial charge in [0.2, 0.25) is 0 Å². The third-order valence-electron chi connectivity index (χ3n) is 5.51. The fourth-order valence-corrected chi connectivity index (χ4v) is 3.66. The monoisotopic (exact) mass is 565 g/mol. The first kappa shape index (κ1) is 27.7. The van der Waals surface area contributed by atoms with Gasteiger partial charge in [-0.3, -0.25) is 15.4 Å². The van der Waals surface area contributed by atoms with Crippen molar-refractivity contribution in [3.05, 3.63) is 129 Å². The summed E-state index contributed by atoms with van der Waals surface area (Å²) in [4.78, 5) is 8.47. The number of aliphatic imine (C=N–C) groups is 2. The highest BCUT2D eigenvalue weighted by Crippen LogP contribution is 2.20. The van der Waals surface area contributed by atoms with E-state index in [0.717, 1.165) is 11.1 Å². The summed E-state index contributed by atoms with van der Waals surface area (Å²) in [6.07, 6.45) is 0. The Morgan fingerprint density at radius 2 is 1.15 bits per heavy atom. The predicted molar refractivity (Wildman–Crippen MR) is 153 cm³/mol. The fraction of sp³-hybridized carbons (Fsp3) is 0.0714. The Bertz CT molecular complexity index is 1540. The van der Waals surface area contributed by atoms with E-state index in [4.69, 9.17) is 34.7 Å². The summed E-state index contributed by atoms with van der Waals surface area (Å²) in [5, 5.41) is 8.96. The molecule has 0 bridgehead atoms. The van der Waals surface area contributed by atoms with Gasteiger partial charge in [-0.2, -0.15) is 0 Å². The van der Waals surface area contributed by atoms with Gasteiger partial charge < -0.3 is 11.5 Å². The third-order valence-corrected chi connectivity index (χ3v) is 6.01. The highest BCUT2D eigenvalue weighted by atomic mass is 35.5. The maximum atomic E-state index is 14.6. The Hall–Kier alpha value is -4.34. The second kappa shape index (κ2) is 12.9. The van der Waals surface area contributed by atoms with Gasteiger partial charge in [0, 0.05) is 16.1 Å². The van der Waals surface area contributed by atoms with Crippen LogP contribution in [0.4, 0.5) is 20.2 Å². The molecule has 0 saturated heterocycles. The minimum absolute atomic E-state index is 0.0515. The van der Waals surface area contributed by atoms with Crippen LogP contribution in [0.1, 0.15) is 22.3 Å². The number of nitrogens with one attached hydrogen (secondary N) is 1. The van der Waals surface area contributed by atoms with Gasteiger partial charge in [0.05, 0.1) is 35.6 Å². The molecular formula is C28H23Cl2F2N7. The van der Waals surface area contributed by atoms with Crippen molar-refractivity contribution in [2.75, 3.05) is 5.43 Å². The lowest BCUT2D eigenvalue weighted by molar-refractivity contribution is 0.625. The summed E-state index contributed by atoms with van der Waals surface area (Å²) >= 11 is 11.7. The highest BCUT2D eigenvalue weighted by Gasteiger charge is 2.09. The second-order valence-electron chi connectivity index (χ2n) is 8.33. The molecule has 0 aliphatic carbocycles. The molecule has 0 aliphatic rings. The maximum absolute atomic E-state index is 14.6. The molecule has 5 N–H and O–H groups in total. The molecule has 4 rings (SSSR count). The van der Waals surface area contributed by atoms with E-state index in [1.54, 1.807) is 30.3 Å². The minimum atomic E-state index is -0.604. The molecule has 0 aliphatic heterocycles. The standard InChI is InChI=1S/C28H23Cl2F2N7/c29-19-5-1-17(2-6-19)15-35-27(33)23-11-9-21(13-25(23)31)37-39-38-22-10-12-24(26(32)14-22)28(34)36-16-18-3-7-20(30)8-4-18/h1-14H,15-16H2,(H2,33,35)(H2,34,36)(H,37,38). The summed E-state index contributed by atoms with van der Waals surface area (Å²) in [5.41, 5.74) is 17.1. The number of anilines is 1. The number of rotatable bonds is 9. The zero-order chi connectivity index (χ0) is 27.8. The number of halogens is 4. The zero-order valence-electron chi connectivity index (χ0n) is 20.5. The molecule has 0 amide bonds.